The average Bonchev–Trinajstić information content (AvgIpc) is 2.28. The van der Waals surface area contributed by atoms with Crippen LogP contribution in [0.3, 0.4) is 0 Å². The van der Waals surface area contributed by atoms with Crippen LogP contribution in [0.2, 0.25) is 0 Å². The van der Waals surface area contributed by atoms with E-state index in [0.29, 0.717) is 0 Å². The van der Waals surface area contributed by atoms with Crippen molar-refractivity contribution in [2.24, 2.45) is 9.98 Å². The Hall–Kier alpha value is -1.25. The lowest BCUT2D eigenvalue weighted by molar-refractivity contribution is 1.34. The fourth-order valence-corrected chi connectivity index (χ4v) is 1.22. The maximum absolute atomic E-state index is 4.03. The second-order valence-corrected chi connectivity index (χ2v) is 2.55. The highest BCUT2D eigenvalue weighted by Gasteiger charge is 1.88. The van der Waals surface area contributed by atoms with Gasteiger partial charge in [-0.3, -0.25) is 0 Å². The van der Waals surface area contributed by atoms with Gasteiger partial charge in [-0.05, 0) is 11.5 Å². The summed E-state index contributed by atoms with van der Waals surface area (Å²) in [4.78, 5) is 7.86. The molecule has 2 rings (SSSR count). The normalized spacial score (nSPS) is 13.2. The number of nitrogens with zero attached hydrogens (tertiary/aromatic N) is 3. The lowest BCUT2D eigenvalue weighted by Gasteiger charge is -1.66. The summed E-state index contributed by atoms with van der Waals surface area (Å²) in [5.41, 5.74) is 0. The molecule has 0 unspecified atom stereocenters. The first-order chi connectivity index (χ1) is 4.97. The van der Waals surface area contributed by atoms with Gasteiger partial charge in [0.2, 0.25) is 0 Å². The molecule has 0 aliphatic carbocycles. The third-order valence-electron chi connectivity index (χ3n) is 1.10. The highest BCUT2D eigenvalue weighted by atomic mass is 32.1. The third kappa shape index (κ3) is 0.795. The SMILES string of the molecule is C1=CN=c2cnsc2=CN=1. The van der Waals surface area contributed by atoms with Crippen molar-refractivity contribution in [1.82, 2.24) is 4.37 Å². The maximum Gasteiger partial charge on any atom is 0.103 e. The van der Waals surface area contributed by atoms with Gasteiger partial charge in [-0.2, -0.15) is 4.37 Å². The lowest BCUT2D eigenvalue weighted by Crippen LogP contribution is -2.16. The molecular weight excluding hydrogens is 146 g/mol. The minimum absolute atomic E-state index is 0.874. The number of aromatic nitrogens is 1. The lowest BCUT2D eigenvalue weighted by atomic mass is 10.6. The van der Waals surface area contributed by atoms with Crippen molar-refractivity contribution in [3.05, 3.63) is 22.3 Å². The summed E-state index contributed by atoms with van der Waals surface area (Å²) in [6, 6.07) is 0. The fourth-order valence-electron chi connectivity index (χ4n) is 0.658. The molecule has 4 heteroatoms. The van der Waals surface area contributed by atoms with Gasteiger partial charge in [-0.15, -0.1) is 0 Å². The molecule has 0 saturated carbocycles. The zero-order chi connectivity index (χ0) is 6.81. The number of rotatable bonds is 0. The van der Waals surface area contributed by atoms with E-state index in [9.17, 15) is 0 Å². The molecule has 0 saturated heterocycles. The first-order valence-corrected chi connectivity index (χ1v) is 3.50. The van der Waals surface area contributed by atoms with E-state index in [1.54, 1.807) is 12.4 Å². The van der Waals surface area contributed by atoms with Gasteiger partial charge >= 0.3 is 0 Å². The summed E-state index contributed by atoms with van der Waals surface area (Å²) in [5, 5.41) is 0.874. The van der Waals surface area contributed by atoms with Crippen LogP contribution in [0.1, 0.15) is 0 Å². The number of hydrogen-bond donors (Lipinski definition) is 0. The Bertz CT molecular complexity index is 374. The molecule has 1 aromatic rings. The van der Waals surface area contributed by atoms with Crippen LogP contribution in [-0.4, -0.2) is 10.2 Å². The van der Waals surface area contributed by atoms with Gasteiger partial charge in [-0.25, -0.2) is 9.98 Å². The van der Waals surface area contributed by atoms with E-state index in [2.05, 4.69) is 20.2 Å². The molecule has 1 aliphatic heterocycles. The van der Waals surface area contributed by atoms with Crippen molar-refractivity contribution in [2.45, 2.75) is 0 Å². The van der Waals surface area contributed by atoms with Crippen molar-refractivity contribution < 1.29 is 0 Å². The molecule has 0 spiro atoms. The van der Waals surface area contributed by atoms with E-state index < -0.39 is 0 Å². The summed E-state index contributed by atoms with van der Waals surface area (Å²) >= 11 is 1.39. The standard InChI is InChI=1S/C6H3N3S/c1-2-8-5-3-9-10-6(5)4-7-1/h2-4H. The van der Waals surface area contributed by atoms with Gasteiger partial charge in [0.05, 0.1) is 23.1 Å². The van der Waals surface area contributed by atoms with Crippen LogP contribution in [0.4, 0.5) is 0 Å². The van der Waals surface area contributed by atoms with E-state index in [1.165, 1.54) is 17.7 Å². The number of fused-ring (bicyclic) bond motifs is 1. The third-order valence-corrected chi connectivity index (χ3v) is 1.82. The van der Waals surface area contributed by atoms with E-state index >= 15 is 0 Å². The van der Waals surface area contributed by atoms with Crippen molar-refractivity contribution in [3.63, 3.8) is 0 Å². The van der Waals surface area contributed by atoms with E-state index in [-0.39, 0.29) is 0 Å². The first kappa shape index (κ1) is 5.53. The van der Waals surface area contributed by atoms with Crippen LogP contribution < -0.4 is 9.89 Å². The van der Waals surface area contributed by atoms with E-state index in [1.807, 2.05) is 0 Å². The minimum Gasteiger partial charge on any atom is -0.244 e. The zero-order valence-corrected chi connectivity index (χ0v) is 5.80. The molecule has 2 heterocycles. The van der Waals surface area contributed by atoms with Crippen LogP contribution in [0.25, 0.3) is 6.20 Å². The van der Waals surface area contributed by atoms with Gasteiger partial charge < -0.3 is 0 Å². The molecular formula is C6H3N3S. The molecule has 48 valence electrons. The minimum atomic E-state index is 0.874. The monoisotopic (exact) mass is 149 g/mol. The van der Waals surface area contributed by atoms with Crippen LogP contribution in [0.5, 0.6) is 0 Å². The molecule has 0 N–H and O–H groups in total. The van der Waals surface area contributed by atoms with Crippen molar-refractivity contribution >= 4 is 23.6 Å². The molecule has 0 fully saturated rings. The van der Waals surface area contributed by atoms with E-state index in [0.717, 1.165) is 9.89 Å². The molecule has 0 amide bonds. The second kappa shape index (κ2) is 2.17. The van der Waals surface area contributed by atoms with Crippen LogP contribution in [-0.2, 0) is 0 Å². The molecule has 0 atom stereocenters. The molecule has 0 aromatic carbocycles. The van der Waals surface area contributed by atoms with E-state index in [4.69, 9.17) is 0 Å². The number of hydrogen-bond acceptors (Lipinski definition) is 4. The smallest absolute Gasteiger partial charge is 0.103 e. The largest absolute Gasteiger partial charge is 0.244 e. The number of aliphatic imine (C=N–C) groups is 1. The first-order valence-electron chi connectivity index (χ1n) is 2.72. The predicted molar refractivity (Wildman–Crippen MR) is 39.4 cm³/mol. The van der Waals surface area contributed by atoms with Crippen LogP contribution in [0.15, 0.2) is 22.4 Å². The van der Waals surface area contributed by atoms with Crippen molar-refractivity contribution in [2.75, 3.05) is 0 Å². The summed E-state index contributed by atoms with van der Waals surface area (Å²) in [6.07, 6.45) is 4.96. The van der Waals surface area contributed by atoms with Crippen LogP contribution in [0, 0.1) is 0 Å². The molecule has 0 bridgehead atoms. The summed E-state index contributed by atoms with van der Waals surface area (Å²) in [7, 11) is 0. The van der Waals surface area contributed by atoms with Crippen LogP contribution >= 0.6 is 11.5 Å². The van der Waals surface area contributed by atoms with Gasteiger partial charge in [-0.1, -0.05) is 0 Å². The Morgan fingerprint density at radius 3 is 3.50 bits per heavy atom. The quantitative estimate of drug-likeness (QED) is 0.499. The highest BCUT2D eigenvalue weighted by molar-refractivity contribution is 7.03. The summed E-state index contributed by atoms with van der Waals surface area (Å²) in [6.45, 7) is 0. The highest BCUT2D eigenvalue weighted by Crippen LogP contribution is 1.77. The fraction of sp³-hybridized carbons (Fsp3) is 0. The maximum atomic E-state index is 4.03. The molecule has 0 radical (unpaired) electrons. The average molecular weight is 149 g/mol. The van der Waals surface area contributed by atoms with Crippen molar-refractivity contribution in [3.8, 4) is 0 Å². The molecule has 1 aromatic heterocycles. The Kier molecular flexibility index (Phi) is 1.20. The topological polar surface area (TPSA) is 37.6 Å². The van der Waals surface area contributed by atoms with Gasteiger partial charge in [0.15, 0.2) is 0 Å². The van der Waals surface area contributed by atoms with Gasteiger partial charge in [0.25, 0.3) is 0 Å². The van der Waals surface area contributed by atoms with Crippen molar-refractivity contribution in [1.29, 1.82) is 0 Å². The Morgan fingerprint density at radius 1 is 1.50 bits per heavy atom. The molecule has 10 heavy (non-hydrogen) atoms. The Morgan fingerprint density at radius 2 is 2.50 bits per heavy atom. The summed E-state index contributed by atoms with van der Waals surface area (Å²) in [5.74, 6) is 2.64. The Labute approximate surface area is 60.9 Å². The zero-order valence-electron chi connectivity index (χ0n) is 4.98. The summed E-state index contributed by atoms with van der Waals surface area (Å²) < 4.78 is 4.94. The Balaban J connectivity index is 2.94. The van der Waals surface area contributed by atoms with Gasteiger partial charge in [0, 0.05) is 5.87 Å². The van der Waals surface area contributed by atoms with Gasteiger partial charge in [0.1, 0.15) is 5.36 Å². The predicted octanol–water partition coefficient (Wildman–Crippen LogP) is -0.302. The molecule has 1 aliphatic rings. The molecule has 3 nitrogen and oxygen atoms in total. The second-order valence-electron chi connectivity index (χ2n) is 1.72.